The summed E-state index contributed by atoms with van der Waals surface area (Å²) in [6, 6.07) is 10.7. The maximum Gasteiger partial charge on any atom is 0.263 e. The Morgan fingerprint density at radius 3 is 2.96 bits per heavy atom. The van der Waals surface area contributed by atoms with Crippen LogP contribution in [0.5, 0.6) is 0 Å². The number of hydrogen-bond donors (Lipinski definition) is 2. The molecule has 5 nitrogen and oxygen atoms in total. The lowest BCUT2D eigenvalue weighted by Crippen LogP contribution is -2.40. The number of carbonyl (C=O) groups is 1. The van der Waals surface area contributed by atoms with Gasteiger partial charge in [0.2, 0.25) is 0 Å². The first kappa shape index (κ1) is 16.0. The van der Waals surface area contributed by atoms with Crippen LogP contribution in [0.25, 0.3) is 0 Å². The van der Waals surface area contributed by atoms with Gasteiger partial charge in [-0.25, -0.2) is 4.98 Å². The van der Waals surface area contributed by atoms with Crippen LogP contribution in [0.3, 0.4) is 0 Å². The van der Waals surface area contributed by atoms with Gasteiger partial charge in [0.1, 0.15) is 4.88 Å². The van der Waals surface area contributed by atoms with Crippen molar-refractivity contribution in [3.8, 4) is 0 Å². The predicted molar refractivity (Wildman–Crippen MR) is 93.7 cm³/mol. The first-order chi connectivity index (χ1) is 11.2. The molecule has 0 spiro atoms. The number of hydrogen-bond acceptors (Lipinski definition) is 5. The van der Waals surface area contributed by atoms with Crippen LogP contribution >= 0.6 is 11.3 Å². The zero-order chi connectivity index (χ0) is 16.1. The number of carbonyl (C=O) groups excluding carboxylic acids is 1. The summed E-state index contributed by atoms with van der Waals surface area (Å²) in [6.45, 7) is 3.70. The number of piperidine rings is 1. The van der Waals surface area contributed by atoms with Crippen molar-refractivity contribution in [2.75, 3.05) is 31.9 Å². The summed E-state index contributed by atoms with van der Waals surface area (Å²) in [4.78, 5) is 18.9. The maximum absolute atomic E-state index is 12.0. The Morgan fingerprint density at radius 1 is 1.39 bits per heavy atom. The van der Waals surface area contributed by atoms with Crippen LogP contribution in [0.15, 0.2) is 36.5 Å². The van der Waals surface area contributed by atoms with Crippen molar-refractivity contribution < 1.29 is 4.79 Å². The predicted octanol–water partition coefficient (Wildman–Crippen LogP) is 2.33. The standard InChI is InChI=1S/C17H22N4OS/c18-17-20-11-15(23-17)16(22)19-8-10-21-9-4-7-14(12-21)13-5-2-1-3-6-13/h1-3,5-6,11,14H,4,7-10,12H2,(H2,18,20)(H,19,22). The van der Waals surface area contributed by atoms with E-state index in [9.17, 15) is 4.79 Å². The van der Waals surface area contributed by atoms with Gasteiger partial charge in [-0.15, -0.1) is 0 Å². The Morgan fingerprint density at radius 2 is 2.22 bits per heavy atom. The lowest BCUT2D eigenvalue weighted by Gasteiger charge is -2.33. The molecule has 1 atom stereocenters. The number of rotatable bonds is 5. The summed E-state index contributed by atoms with van der Waals surface area (Å²) in [7, 11) is 0. The number of nitrogens with two attached hydrogens (primary N) is 1. The second-order valence-electron chi connectivity index (χ2n) is 5.87. The third-order valence-corrected chi connectivity index (χ3v) is 5.06. The smallest absolute Gasteiger partial charge is 0.263 e. The van der Waals surface area contributed by atoms with Gasteiger partial charge in [-0.3, -0.25) is 4.79 Å². The lowest BCUT2D eigenvalue weighted by atomic mass is 9.91. The van der Waals surface area contributed by atoms with E-state index in [0.717, 1.165) is 19.6 Å². The van der Waals surface area contributed by atoms with E-state index in [2.05, 4.69) is 45.5 Å². The molecule has 1 saturated heterocycles. The highest BCUT2D eigenvalue weighted by Crippen LogP contribution is 2.26. The van der Waals surface area contributed by atoms with Crippen molar-refractivity contribution in [1.29, 1.82) is 0 Å². The van der Waals surface area contributed by atoms with E-state index in [1.165, 1.54) is 35.9 Å². The number of nitrogens with one attached hydrogen (secondary N) is 1. The SMILES string of the molecule is Nc1ncc(C(=O)NCCN2CCCC(c3ccccc3)C2)s1. The van der Waals surface area contributed by atoms with E-state index in [1.807, 2.05) is 0 Å². The van der Waals surface area contributed by atoms with E-state index >= 15 is 0 Å². The Hall–Kier alpha value is -1.92. The first-order valence-electron chi connectivity index (χ1n) is 7.99. The van der Waals surface area contributed by atoms with Gasteiger partial charge in [0, 0.05) is 19.6 Å². The third-order valence-electron chi connectivity index (χ3n) is 4.24. The molecule has 1 fully saturated rings. The average molecular weight is 330 g/mol. The Bertz CT molecular complexity index is 643. The molecule has 0 saturated carbocycles. The summed E-state index contributed by atoms with van der Waals surface area (Å²) >= 11 is 1.22. The first-order valence-corrected chi connectivity index (χ1v) is 8.81. The molecule has 1 unspecified atom stereocenters. The summed E-state index contributed by atoms with van der Waals surface area (Å²) in [5, 5.41) is 3.38. The third kappa shape index (κ3) is 4.30. The molecule has 122 valence electrons. The van der Waals surface area contributed by atoms with Crippen molar-refractivity contribution in [2.24, 2.45) is 0 Å². The summed E-state index contributed by atoms with van der Waals surface area (Å²) in [5.41, 5.74) is 6.97. The fourth-order valence-corrected chi connectivity index (χ4v) is 3.66. The number of likely N-dealkylation sites (tertiary alicyclic amines) is 1. The number of aromatic nitrogens is 1. The molecule has 1 aliphatic heterocycles. The van der Waals surface area contributed by atoms with Crippen molar-refractivity contribution in [2.45, 2.75) is 18.8 Å². The Balaban J connectivity index is 1.46. The fourth-order valence-electron chi connectivity index (χ4n) is 3.06. The normalized spacial score (nSPS) is 18.7. The number of nitrogen functional groups attached to an aromatic ring is 1. The fraction of sp³-hybridized carbons (Fsp3) is 0.412. The minimum atomic E-state index is -0.0872. The minimum Gasteiger partial charge on any atom is -0.375 e. The number of thiazole rings is 1. The minimum absolute atomic E-state index is 0.0872. The van der Waals surface area contributed by atoms with Crippen LogP contribution in [0.4, 0.5) is 5.13 Å². The lowest BCUT2D eigenvalue weighted by molar-refractivity contribution is 0.0949. The molecule has 0 bridgehead atoms. The quantitative estimate of drug-likeness (QED) is 0.883. The van der Waals surface area contributed by atoms with Crippen molar-refractivity contribution in [3.05, 3.63) is 47.0 Å². The maximum atomic E-state index is 12.0. The highest BCUT2D eigenvalue weighted by atomic mass is 32.1. The molecule has 23 heavy (non-hydrogen) atoms. The van der Waals surface area contributed by atoms with Crippen LogP contribution in [0, 0.1) is 0 Å². The van der Waals surface area contributed by atoms with Crippen LogP contribution in [-0.2, 0) is 0 Å². The Labute approximate surface area is 140 Å². The zero-order valence-corrected chi connectivity index (χ0v) is 13.9. The van der Waals surface area contributed by atoms with E-state index in [0.29, 0.717) is 22.5 Å². The van der Waals surface area contributed by atoms with Gasteiger partial charge < -0.3 is 16.0 Å². The second kappa shape index (κ2) is 7.57. The van der Waals surface area contributed by atoms with Gasteiger partial charge in [0.15, 0.2) is 5.13 Å². The summed E-state index contributed by atoms with van der Waals surface area (Å²) < 4.78 is 0. The molecule has 1 amide bonds. The highest BCUT2D eigenvalue weighted by molar-refractivity contribution is 7.17. The van der Waals surface area contributed by atoms with Crippen LogP contribution in [0.2, 0.25) is 0 Å². The van der Waals surface area contributed by atoms with Gasteiger partial charge in [-0.1, -0.05) is 41.7 Å². The van der Waals surface area contributed by atoms with Crippen molar-refractivity contribution in [3.63, 3.8) is 0 Å². The molecule has 2 heterocycles. The van der Waals surface area contributed by atoms with Gasteiger partial charge in [-0.05, 0) is 30.9 Å². The molecule has 3 rings (SSSR count). The van der Waals surface area contributed by atoms with E-state index in [-0.39, 0.29) is 5.91 Å². The van der Waals surface area contributed by atoms with E-state index < -0.39 is 0 Å². The van der Waals surface area contributed by atoms with E-state index in [1.54, 1.807) is 0 Å². The van der Waals surface area contributed by atoms with Gasteiger partial charge in [-0.2, -0.15) is 0 Å². The monoisotopic (exact) mass is 330 g/mol. The average Bonchev–Trinajstić information content (AvgIpc) is 3.02. The largest absolute Gasteiger partial charge is 0.375 e. The summed E-state index contributed by atoms with van der Waals surface area (Å²) in [5.74, 6) is 0.512. The van der Waals surface area contributed by atoms with Crippen LogP contribution < -0.4 is 11.1 Å². The number of nitrogens with zero attached hydrogens (tertiary/aromatic N) is 2. The zero-order valence-electron chi connectivity index (χ0n) is 13.1. The highest BCUT2D eigenvalue weighted by Gasteiger charge is 2.21. The molecule has 0 radical (unpaired) electrons. The van der Waals surface area contributed by atoms with E-state index in [4.69, 9.17) is 5.73 Å². The molecule has 2 aromatic rings. The number of benzene rings is 1. The molecule has 1 aliphatic rings. The molecule has 1 aromatic heterocycles. The van der Waals surface area contributed by atoms with Crippen molar-refractivity contribution >= 4 is 22.4 Å². The van der Waals surface area contributed by atoms with Crippen LogP contribution in [0.1, 0.15) is 34.0 Å². The second-order valence-corrected chi connectivity index (χ2v) is 6.93. The van der Waals surface area contributed by atoms with Gasteiger partial charge in [0.05, 0.1) is 6.20 Å². The van der Waals surface area contributed by atoms with Gasteiger partial charge >= 0.3 is 0 Å². The Kier molecular flexibility index (Phi) is 5.25. The molecular formula is C17H22N4OS. The number of amides is 1. The molecule has 1 aromatic carbocycles. The summed E-state index contributed by atoms with van der Waals surface area (Å²) in [6.07, 6.45) is 3.98. The van der Waals surface area contributed by atoms with Crippen LogP contribution in [-0.4, -0.2) is 42.0 Å². The topological polar surface area (TPSA) is 71.2 Å². The molecule has 3 N–H and O–H groups in total. The molecular weight excluding hydrogens is 308 g/mol. The number of anilines is 1. The molecule has 6 heteroatoms. The molecule has 0 aliphatic carbocycles. The van der Waals surface area contributed by atoms with Crippen molar-refractivity contribution in [1.82, 2.24) is 15.2 Å². The van der Waals surface area contributed by atoms with Gasteiger partial charge in [0.25, 0.3) is 5.91 Å².